The molecule has 138 valence electrons. The van der Waals surface area contributed by atoms with Crippen molar-refractivity contribution >= 4 is 40.2 Å². The number of ether oxygens (including phenoxy) is 1. The second-order valence-electron chi connectivity index (χ2n) is 6.58. The van der Waals surface area contributed by atoms with Gasteiger partial charge in [0.1, 0.15) is 5.69 Å². The molecular weight excluding hydrogens is 360 g/mol. The first kappa shape index (κ1) is 17.7. The van der Waals surface area contributed by atoms with E-state index in [9.17, 15) is 9.59 Å². The number of H-pyrrole nitrogens is 1. The maximum Gasteiger partial charge on any atom is 0.355 e. The van der Waals surface area contributed by atoms with Gasteiger partial charge in [0.25, 0.3) is 5.91 Å². The zero-order valence-electron chi connectivity index (χ0n) is 15.0. The summed E-state index contributed by atoms with van der Waals surface area (Å²) in [5.41, 5.74) is 2.10. The molecule has 0 fully saturated rings. The quantitative estimate of drug-likeness (QED) is 0.690. The van der Waals surface area contributed by atoms with Gasteiger partial charge in [0.05, 0.1) is 5.69 Å². The van der Waals surface area contributed by atoms with Crippen LogP contribution in [0.5, 0.6) is 0 Å². The van der Waals surface area contributed by atoms with Crippen LogP contribution >= 0.6 is 11.8 Å². The number of amides is 1. The number of nitrogens with zero attached hydrogens (tertiary/aromatic N) is 1. The van der Waals surface area contributed by atoms with Gasteiger partial charge in [0.2, 0.25) is 0 Å². The number of esters is 1. The molecule has 0 saturated heterocycles. The number of anilines is 1. The molecule has 1 unspecified atom stereocenters. The molecule has 2 aromatic carbocycles. The fraction of sp³-hybridized carbons (Fsp3) is 0.238. The van der Waals surface area contributed by atoms with Gasteiger partial charge in [-0.25, -0.2) is 4.79 Å². The van der Waals surface area contributed by atoms with E-state index in [4.69, 9.17) is 4.74 Å². The highest BCUT2D eigenvalue weighted by Crippen LogP contribution is 2.37. The predicted molar refractivity (Wildman–Crippen MR) is 107 cm³/mol. The summed E-state index contributed by atoms with van der Waals surface area (Å²) >= 11 is 1.77. The Labute approximate surface area is 161 Å². The molecule has 1 aliphatic rings. The Kier molecular flexibility index (Phi) is 4.90. The lowest BCUT2D eigenvalue weighted by Gasteiger charge is -2.22. The van der Waals surface area contributed by atoms with Crippen LogP contribution in [0.3, 0.4) is 0 Å². The summed E-state index contributed by atoms with van der Waals surface area (Å²) in [7, 11) is 0. The molecule has 0 spiro atoms. The molecule has 0 radical (unpaired) electrons. The number of hydrogen-bond acceptors (Lipinski definition) is 4. The van der Waals surface area contributed by atoms with Crippen molar-refractivity contribution in [2.75, 3.05) is 18.1 Å². The third-order valence-corrected chi connectivity index (χ3v) is 5.86. The van der Waals surface area contributed by atoms with Crippen LogP contribution in [0.2, 0.25) is 0 Å². The molecule has 1 atom stereocenters. The molecule has 4 rings (SSSR count). The van der Waals surface area contributed by atoms with E-state index in [1.165, 1.54) is 0 Å². The Balaban J connectivity index is 1.46. The van der Waals surface area contributed by atoms with E-state index in [2.05, 4.69) is 11.9 Å². The summed E-state index contributed by atoms with van der Waals surface area (Å²) in [6, 6.07) is 17.2. The third-order valence-electron chi connectivity index (χ3n) is 4.62. The minimum absolute atomic E-state index is 0.207. The fourth-order valence-electron chi connectivity index (χ4n) is 3.21. The number of rotatable bonds is 3. The fourth-order valence-corrected chi connectivity index (χ4v) is 4.33. The molecular formula is C21H20N2O3S. The lowest BCUT2D eigenvalue weighted by Crippen LogP contribution is -2.35. The molecule has 2 heterocycles. The van der Waals surface area contributed by atoms with Crippen LogP contribution in [-0.2, 0) is 9.53 Å². The second kappa shape index (κ2) is 7.48. The number of carbonyl (C=O) groups excluding carboxylic acids is 2. The van der Waals surface area contributed by atoms with Crippen LogP contribution < -0.4 is 4.90 Å². The third kappa shape index (κ3) is 3.71. The number of aromatic nitrogens is 1. The molecule has 1 amide bonds. The molecule has 0 saturated carbocycles. The van der Waals surface area contributed by atoms with Gasteiger partial charge < -0.3 is 14.6 Å². The van der Waals surface area contributed by atoms with E-state index in [1.807, 2.05) is 48.5 Å². The average Bonchev–Trinajstić information content (AvgIpc) is 3.04. The zero-order valence-corrected chi connectivity index (χ0v) is 15.8. The van der Waals surface area contributed by atoms with Gasteiger partial charge >= 0.3 is 5.97 Å². The van der Waals surface area contributed by atoms with Gasteiger partial charge in [-0.3, -0.25) is 4.79 Å². The highest BCUT2D eigenvalue weighted by atomic mass is 32.2. The summed E-state index contributed by atoms with van der Waals surface area (Å²) in [5, 5.41) is 1.36. The largest absolute Gasteiger partial charge is 0.451 e. The number of fused-ring (bicyclic) bond motifs is 2. The van der Waals surface area contributed by atoms with Gasteiger partial charge in [-0.2, -0.15) is 0 Å². The van der Waals surface area contributed by atoms with Crippen LogP contribution in [0.25, 0.3) is 10.9 Å². The SMILES string of the molecule is CC1CCN(C(=O)COC(=O)c2cc3ccccc3[nH]2)c2ccccc2S1. The molecule has 27 heavy (non-hydrogen) atoms. The van der Waals surface area contributed by atoms with Crippen molar-refractivity contribution in [3.63, 3.8) is 0 Å². The first-order chi connectivity index (χ1) is 13.1. The van der Waals surface area contributed by atoms with Gasteiger partial charge in [0, 0.05) is 27.6 Å². The summed E-state index contributed by atoms with van der Waals surface area (Å²) in [6.07, 6.45) is 0.890. The van der Waals surface area contributed by atoms with E-state index >= 15 is 0 Å². The van der Waals surface area contributed by atoms with Gasteiger partial charge in [0.15, 0.2) is 6.61 Å². The minimum atomic E-state index is -0.523. The second-order valence-corrected chi connectivity index (χ2v) is 8.06. The van der Waals surface area contributed by atoms with Crippen molar-refractivity contribution in [2.45, 2.75) is 23.5 Å². The Morgan fingerprint density at radius 1 is 1.19 bits per heavy atom. The highest BCUT2D eigenvalue weighted by molar-refractivity contribution is 8.00. The topological polar surface area (TPSA) is 62.4 Å². The summed E-state index contributed by atoms with van der Waals surface area (Å²) in [6.45, 7) is 2.50. The first-order valence-corrected chi connectivity index (χ1v) is 9.81. The van der Waals surface area contributed by atoms with Crippen molar-refractivity contribution in [1.82, 2.24) is 4.98 Å². The van der Waals surface area contributed by atoms with Crippen LogP contribution in [0.15, 0.2) is 59.5 Å². The number of nitrogens with one attached hydrogen (secondary N) is 1. The molecule has 1 aromatic heterocycles. The molecule has 6 heteroatoms. The number of hydrogen-bond donors (Lipinski definition) is 1. The van der Waals surface area contributed by atoms with E-state index in [0.29, 0.717) is 17.5 Å². The van der Waals surface area contributed by atoms with E-state index in [0.717, 1.165) is 27.9 Å². The van der Waals surface area contributed by atoms with Crippen molar-refractivity contribution in [2.24, 2.45) is 0 Å². The van der Waals surface area contributed by atoms with E-state index in [-0.39, 0.29) is 12.5 Å². The standard InChI is InChI=1S/C21H20N2O3S/c1-14-10-11-23(18-8-4-5-9-19(18)27-14)20(24)13-26-21(25)17-12-15-6-2-3-7-16(15)22-17/h2-9,12,14,22H,10-11,13H2,1H3. The minimum Gasteiger partial charge on any atom is -0.451 e. The van der Waals surface area contributed by atoms with Crippen LogP contribution in [0.1, 0.15) is 23.8 Å². The Morgan fingerprint density at radius 3 is 2.81 bits per heavy atom. The maximum atomic E-state index is 12.8. The maximum absolute atomic E-state index is 12.8. The number of carbonyl (C=O) groups is 2. The Hall–Kier alpha value is -2.73. The first-order valence-electron chi connectivity index (χ1n) is 8.93. The number of aromatic amines is 1. The van der Waals surface area contributed by atoms with Crippen LogP contribution in [0.4, 0.5) is 5.69 Å². The summed E-state index contributed by atoms with van der Waals surface area (Å²) in [5.74, 6) is -0.730. The summed E-state index contributed by atoms with van der Waals surface area (Å²) < 4.78 is 5.29. The van der Waals surface area contributed by atoms with Gasteiger partial charge in [-0.15, -0.1) is 11.8 Å². The van der Waals surface area contributed by atoms with E-state index < -0.39 is 5.97 Å². The smallest absolute Gasteiger partial charge is 0.355 e. The Morgan fingerprint density at radius 2 is 1.96 bits per heavy atom. The number of thioether (sulfide) groups is 1. The van der Waals surface area contributed by atoms with Crippen molar-refractivity contribution in [1.29, 1.82) is 0 Å². The zero-order chi connectivity index (χ0) is 18.8. The molecule has 1 N–H and O–H groups in total. The molecule has 0 aliphatic carbocycles. The normalized spacial score (nSPS) is 16.6. The molecule has 0 bridgehead atoms. The van der Waals surface area contributed by atoms with Gasteiger partial charge in [-0.05, 0) is 30.7 Å². The lowest BCUT2D eigenvalue weighted by molar-refractivity contribution is -0.121. The Bertz CT molecular complexity index is 965. The van der Waals surface area contributed by atoms with Gasteiger partial charge in [-0.1, -0.05) is 37.3 Å². The van der Waals surface area contributed by atoms with E-state index in [1.54, 1.807) is 22.7 Å². The molecule has 5 nitrogen and oxygen atoms in total. The summed E-state index contributed by atoms with van der Waals surface area (Å²) in [4.78, 5) is 30.9. The number of benzene rings is 2. The van der Waals surface area contributed by atoms with Crippen LogP contribution in [0, 0.1) is 0 Å². The van der Waals surface area contributed by atoms with Crippen molar-refractivity contribution in [3.8, 4) is 0 Å². The molecule has 1 aliphatic heterocycles. The average molecular weight is 380 g/mol. The monoisotopic (exact) mass is 380 g/mol. The predicted octanol–water partition coefficient (Wildman–Crippen LogP) is 4.24. The highest BCUT2D eigenvalue weighted by Gasteiger charge is 2.25. The van der Waals surface area contributed by atoms with Crippen molar-refractivity contribution in [3.05, 3.63) is 60.3 Å². The lowest BCUT2D eigenvalue weighted by atomic mass is 10.2. The van der Waals surface area contributed by atoms with Crippen LogP contribution in [-0.4, -0.2) is 35.3 Å². The van der Waals surface area contributed by atoms with Crippen molar-refractivity contribution < 1.29 is 14.3 Å². The number of para-hydroxylation sites is 2. The molecule has 3 aromatic rings.